The summed E-state index contributed by atoms with van der Waals surface area (Å²) in [6.45, 7) is 3.29. The van der Waals surface area contributed by atoms with Crippen LogP contribution in [0.15, 0.2) is 5.10 Å². The molecule has 1 rings (SSSR count). The number of hydrogen-bond acceptors (Lipinski definition) is 3. The molecule has 0 fully saturated rings. The highest BCUT2D eigenvalue weighted by Crippen LogP contribution is 2.47. The van der Waals surface area contributed by atoms with Crippen molar-refractivity contribution >= 4 is 63.8 Å². The van der Waals surface area contributed by atoms with E-state index in [1.807, 2.05) is 11.8 Å². The first-order chi connectivity index (χ1) is 6.80. The molecule has 0 aromatic rings. The van der Waals surface area contributed by atoms with Gasteiger partial charge in [0, 0.05) is 6.54 Å². The van der Waals surface area contributed by atoms with Crippen molar-refractivity contribution in [3.63, 3.8) is 0 Å². The average Bonchev–Trinajstić information content (AvgIpc) is 2.51. The topological polar surface area (TPSA) is 27.6 Å². The third-order valence-electron chi connectivity index (χ3n) is 1.88. The third kappa shape index (κ3) is 2.89. The Morgan fingerprint density at radius 3 is 2.40 bits per heavy atom. The fourth-order valence-corrected chi connectivity index (χ4v) is 1.77. The molecule has 0 unspecified atom stereocenters. The second-order valence-electron chi connectivity index (χ2n) is 3.09. The molecule has 0 saturated heterocycles. The number of nitrogens with one attached hydrogen (secondary N) is 1. The summed E-state index contributed by atoms with van der Waals surface area (Å²) in [5.74, 6) is 0.340. The van der Waals surface area contributed by atoms with Crippen LogP contribution in [0.3, 0.4) is 0 Å². The second kappa shape index (κ2) is 4.92. The Labute approximate surface area is 114 Å². The highest BCUT2D eigenvalue weighted by atomic mass is 35.6. The summed E-state index contributed by atoms with van der Waals surface area (Å²) >= 11 is 29.1. The lowest BCUT2D eigenvalue weighted by molar-refractivity contribution is 0.416. The van der Waals surface area contributed by atoms with Gasteiger partial charge >= 0.3 is 0 Å². The van der Waals surface area contributed by atoms with Crippen LogP contribution in [-0.4, -0.2) is 32.1 Å². The number of amidine groups is 1. The van der Waals surface area contributed by atoms with Crippen molar-refractivity contribution < 1.29 is 0 Å². The fraction of sp³-hybridized carbons (Fsp3) is 0.857. The van der Waals surface area contributed by atoms with Gasteiger partial charge in [-0.15, -0.1) is 0 Å². The summed E-state index contributed by atoms with van der Waals surface area (Å²) in [7, 11) is 0. The molecule has 15 heavy (non-hydrogen) atoms. The van der Waals surface area contributed by atoms with E-state index < -0.39 is 8.13 Å². The number of alkyl halides is 5. The highest BCUT2D eigenvalue weighted by Gasteiger charge is 2.53. The summed E-state index contributed by atoms with van der Waals surface area (Å²) in [6, 6.07) is 0. The van der Waals surface area contributed by atoms with Crippen LogP contribution in [0.2, 0.25) is 0 Å². The fourth-order valence-electron chi connectivity index (χ4n) is 1.19. The van der Waals surface area contributed by atoms with Gasteiger partial charge in [-0.25, -0.2) is 0 Å². The molecule has 3 nitrogen and oxygen atoms in total. The van der Waals surface area contributed by atoms with Crippen molar-refractivity contribution in [3.05, 3.63) is 0 Å². The van der Waals surface area contributed by atoms with Gasteiger partial charge < -0.3 is 4.90 Å². The molecule has 1 aliphatic rings. The van der Waals surface area contributed by atoms with E-state index in [2.05, 4.69) is 10.5 Å². The molecular weight excluding hydrogens is 303 g/mol. The molecule has 0 aromatic heterocycles. The first-order valence-corrected chi connectivity index (χ1v) is 6.20. The first-order valence-electron chi connectivity index (χ1n) is 4.31. The van der Waals surface area contributed by atoms with E-state index in [0.717, 1.165) is 13.0 Å². The normalized spacial score (nSPS) is 17.7. The van der Waals surface area contributed by atoms with E-state index in [0.29, 0.717) is 12.5 Å². The van der Waals surface area contributed by atoms with Gasteiger partial charge in [-0.1, -0.05) is 64.9 Å². The smallest absolute Gasteiger partial charge is 0.230 e. The van der Waals surface area contributed by atoms with E-state index in [9.17, 15) is 0 Å². The maximum absolute atomic E-state index is 6.01. The average molecular weight is 313 g/mol. The molecule has 0 radical (unpaired) electrons. The van der Waals surface area contributed by atoms with Crippen molar-refractivity contribution in [2.45, 2.75) is 21.5 Å². The molecule has 0 amide bonds. The van der Waals surface area contributed by atoms with Crippen LogP contribution >= 0.6 is 58.0 Å². The molecule has 88 valence electrons. The highest BCUT2D eigenvalue weighted by molar-refractivity contribution is 6.79. The van der Waals surface area contributed by atoms with Crippen LogP contribution in [0.5, 0.6) is 0 Å². The maximum Gasteiger partial charge on any atom is 0.230 e. The van der Waals surface area contributed by atoms with Crippen LogP contribution in [0, 0.1) is 0 Å². The SMILES string of the molecule is CCCN1CNN=C1C(Cl)(Cl)C(Cl)(Cl)Cl. The van der Waals surface area contributed by atoms with Gasteiger partial charge in [0.15, 0.2) is 5.84 Å². The van der Waals surface area contributed by atoms with Crippen molar-refractivity contribution in [1.29, 1.82) is 0 Å². The summed E-state index contributed by atoms with van der Waals surface area (Å²) in [5, 5.41) is 3.95. The zero-order valence-corrected chi connectivity index (χ0v) is 11.7. The number of hydrazone groups is 1. The Morgan fingerprint density at radius 1 is 1.33 bits per heavy atom. The Morgan fingerprint density at radius 2 is 1.93 bits per heavy atom. The van der Waals surface area contributed by atoms with Crippen molar-refractivity contribution in [2.75, 3.05) is 13.2 Å². The van der Waals surface area contributed by atoms with Crippen molar-refractivity contribution in [3.8, 4) is 0 Å². The van der Waals surface area contributed by atoms with E-state index in [-0.39, 0.29) is 0 Å². The molecule has 0 spiro atoms. The lowest BCUT2D eigenvalue weighted by Crippen LogP contribution is -2.47. The van der Waals surface area contributed by atoms with Gasteiger partial charge in [0.25, 0.3) is 0 Å². The number of rotatable bonds is 3. The molecule has 0 saturated carbocycles. The predicted molar refractivity (Wildman–Crippen MR) is 67.2 cm³/mol. The zero-order chi connectivity index (χ0) is 11.7. The lowest BCUT2D eigenvalue weighted by atomic mass is 10.3. The van der Waals surface area contributed by atoms with Gasteiger partial charge in [0.05, 0.1) is 0 Å². The zero-order valence-electron chi connectivity index (χ0n) is 7.91. The van der Waals surface area contributed by atoms with Crippen molar-refractivity contribution in [2.24, 2.45) is 5.10 Å². The molecule has 1 heterocycles. The Balaban J connectivity index is 2.87. The van der Waals surface area contributed by atoms with E-state index in [4.69, 9.17) is 58.0 Å². The molecule has 0 aliphatic carbocycles. The molecule has 8 heteroatoms. The summed E-state index contributed by atoms with van der Waals surface area (Å²) < 4.78 is -3.48. The molecular formula is C7H10Cl5N3. The first kappa shape index (κ1) is 13.8. The minimum atomic E-state index is -1.83. The van der Waals surface area contributed by atoms with E-state index in [1.165, 1.54) is 0 Å². The lowest BCUT2D eigenvalue weighted by Gasteiger charge is -2.31. The van der Waals surface area contributed by atoms with Crippen molar-refractivity contribution in [1.82, 2.24) is 10.3 Å². The second-order valence-corrected chi connectivity index (χ2v) is 6.70. The van der Waals surface area contributed by atoms with E-state index >= 15 is 0 Å². The van der Waals surface area contributed by atoms with Gasteiger partial charge in [-0.3, -0.25) is 5.43 Å². The molecule has 0 bridgehead atoms. The van der Waals surface area contributed by atoms with Gasteiger partial charge in [-0.2, -0.15) is 5.10 Å². The minimum absolute atomic E-state index is 0.340. The minimum Gasteiger partial charge on any atom is -0.337 e. The van der Waals surface area contributed by atoms with Crippen LogP contribution in [0.25, 0.3) is 0 Å². The summed E-state index contributed by atoms with van der Waals surface area (Å²) in [6.07, 6.45) is 0.921. The van der Waals surface area contributed by atoms with Gasteiger partial charge in [0.1, 0.15) is 6.67 Å². The predicted octanol–water partition coefficient (Wildman–Crippen LogP) is 3.12. The van der Waals surface area contributed by atoms with Crippen LogP contribution in [-0.2, 0) is 0 Å². The molecule has 1 aliphatic heterocycles. The number of hydrogen-bond donors (Lipinski definition) is 1. The molecule has 1 N–H and O–H groups in total. The van der Waals surface area contributed by atoms with Crippen LogP contribution < -0.4 is 5.43 Å². The maximum atomic E-state index is 6.01. The third-order valence-corrected chi connectivity index (χ3v) is 4.21. The summed E-state index contributed by atoms with van der Waals surface area (Å²) in [5.41, 5.74) is 2.75. The summed E-state index contributed by atoms with van der Waals surface area (Å²) in [4.78, 5) is 1.84. The molecule has 0 atom stereocenters. The van der Waals surface area contributed by atoms with Gasteiger partial charge in [0.2, 0.25) is 8.13 Å². The molecule has 0 aromatic carbocycles. The van der Waals surface area contributed by atoms with Gasteiger partial charge in [-0.05, 0) is 6.42 Å². The number of halogens is 5. The number of nitrogens with zero attached hydrogens (tertiary/aromatic N) is 2. The Kier molecular flexibility index (Phi) is 4.53. The quantitative estimate of drug-likeness (QED) is 0.811. The largest absolute Gasteiger partial charge is 0.337 e. The Hall–Kier alpha value is 0.720. The standard InChI is InChI=1S/C7H10Cl5N3/c1-2-3-15-4-13-14-5(15)6(8,9)7(10,11)12/h13H,2-4H2,1H3. The van der Waals surface area contributed by atoms with Crippen LogP contribution in [0.4, 0.5) is 0 Å². The van der Waals surface area contributed by atoms with E-state index in [1.54, 1.807) is 0 Å². The monoisotopic (exact) mass is 311 g/mol. The Bertz CT molecular complexity index is 260. The van der Waals surface area contributed by atoms with Crippen LogP contribution in [0.1, 0.15) is 13.3 Å².